The third kappa shape index (κ3) is 3.62. The summed E-state index contributed by atoms with van der Waals surface area (Å²) in [6.45, 7) is 0. The molecule has 2 aromatic carbocycles. The lowest BCUT2D eigenvalue weighted by molar-refractivity contribution is -0.136. The Hall–Kier alpha value is -3.03. The summed E-state index contributed by atoms with van der Waals surface area (Å²) in [5, 5.41) is 0.365. The van der Waals surface area contributed by atoms with Gasteiger partial charge in [0.05, 0.1) is 22.3 Å². The van der Waals surface area contributed by atoms with Gasteiger partial charge in [-0.3, -0.25) is 4.79 Å². The molecular formula is C21H11Cl2F3N2O2. The van der Waals surface area contributed by atoms with Gasteiger partial charge in [-0.15, -0.1) is 0 Å². The number of nitrogen functional groups attached to an aromatic ring is 1. The minimum atomic E-state index is -4.75. The van der Waals surface area contributed by atoms with Crippen LogP contribution in [0.4, 0.5) is 18.9 Å². The van der Waals surface area contributed by atoms with Gasteiger partial charge in [0.25, 0.3) is 0 Å². The zero-order valence-corrected chi connectivity index (χ0v) is 16.4. The number of carbonyl (C=O) groups excluding carboxylic acids is 1. The number of nitrogens with two attached hydrogens (primary N) is 1. The third-order valence-electron chi connectivity index (χ3n) is 4.46. The summed E-state index contributed by atoms with van der Waals surface area (Å²) in [5.74, 6) is -1.10. The van der Waals surface area contributed by atoms with E-state index >= 15 is 0 Å². The van der Waals surface area contributed by atoms with E-state index in [1.807, 2.05) is 0 Å². The Morgan fingerprint density at radius 2 is 1.53 bits per heavy atom. The van der Waals surface area contributed by atoms with E-state index in [2.05, 4.69) is 4.98 Å². The highest BCUT2D eigenvalue weighted by molar-refractivity contribution is 6.31. The number of halogens is 5. The Morgan fingerprint density at radius 3 is 2.10 bits per heavy atom. The number of nitrogens with zero attached hydrogens (tertiary/aromatic N) is 1. The van der Waals surface area contributed by atoms with Crippen LogP contribution in [0.25, 0.3) is 22.4 Å². The molecule has 0 fully saturated rings. The lowest BCUT2D eigenvalue weighted by Crippen LogP contribution is -2.08. The molecule has 4 rings (SSSR count). The molecular weight excluding hydrogens is 440 g/mol. The SMILES string of the molecule is Nc1c(C(=O)c2ccc(Cl)cc2)oc2nc(-c3ccc(Cl)cc3)cc(C(F)(F)F)c12. The molecule has 2 aromatic heterocycles. The van der Waals surface area contributed by atoms with Crippen molar-refractivity contribution in [2.75, 3.05) is 5.73 Å². The minimum Gasteiger partial charge on any atom is -0.432 e. The number of furan rings is 1. The van der Waals surface area contributed by atoms with E-state index in [4.69, 9.17) is 33.4 Å². The number of benzene rings is 2. The summed E-state index contributed by atoms with van der Waals surface area (Å²) in [6.07, 6.45) is -4.75. The van der Waals surface area contributed by atoms with E-state index in [9.17, 15) is 18.0 Å². The van der Waals surface area contributed by atoms with Gasteiger partial charge < -0.3 is 10.2 Å². The van der Waals surface area contributed by atoms with Gasteiger partial charge in [-0.25, -0.2) is 4.98 Å². The van der Waals surface area contributed by atoms with Crippen molar-refractivity contribution < 1.29 is 22.4 Å². The van der Waals surface area contributed by atoms with Crippen LogP contribution in [0.1, 0.15) is 21.7 Å². The van der Waals surface area contributed by atoms with Crippen molar-refractivity contribution in [1.29, 1.82) is 0 Å². The second kappa shape index (κ2) is 7.34. The van der Waals surface area contributed by atoms with Crippen molar-refractivity contribution in [3.8, 4) is 11.3 Å². The van der Waals surface area contributed by atoms with E-state index in [1.54, 1.807) is 0 Å². The van der Waals surface area contributed by atoms with Crippen molar-refractivity contribution in [2.45, 2.75) is 6.18 Å². The quantitative estimate of drug-likeness (QED) is 0.355. The van der Waals surface area contributed by atoms with Crippen LogP contribution in [0.2, 0.25) is 10.0 Å². The molecule has 4 aromatic rings. The molecule has 2 heterocycles. The molecule has 0 aliphatic rings. The van der Waals surface area contributed by atoms with E-state index in [0.717, 1.165) is 6.07 Å². The maximum Gasteiger partial charge on any atom is 0.417 e. The van der Waals surface area contributed by atoms with Crippen molar-refractivity contribution in [2.24, 2.45) is 0 Å². The fourth-order valence-corrected chi connectivity index (χ4v) is 3.27. The number of anilines is 1. The summed E-state index contributed by atoms with van der Waals surface area (Å²) in [5.41, 5.74) is 4.62. The molecule has 30 heavy (non-hydrogen) atoms. The van der Waals surface area contributed by atoms with E-state index in [0.29, 0.717) is 15.6 Å². The molecule has 4 nitrogen and oxygen atoms in total. The Morgan fingerprint density at radius 1 is 0.967 bits per heavy atom. The first kappa shape index (κ1) is 20.3. The molecule has 0 aliphatic carbocycles. The number of alkyl halides is 3. The molecule has 152 valence electrons. The highest BCUT2D eigenvalue weighted by Gasteiger charge is 2.37. The zero-order valence-electron chi connectivity index (χ0n) is 14.9. The molecule has 0 spiro atoms. The molecule has 0 radical (unpaired) electrons. The van der Waals surface area contributed by atoms with Crippen LogP contribution in [0.5, 0.6) is 0 Å². The monoisotopic (exact) mass is 450 g/mol. The van der Waals surface area contributed by atoms with Crippen molar-refractivity contribution in [3.63, 3.8) is 0 Å². The van der Waals surface area contributed by atoms with Gasteiger partial charge in [0, 0.05) is 21.2 Å². The Balaban J connectivity index is 1.93. The fraction of sp³-hybridized carbons (Fsp3) is 0.0476. The summed E-state index contributed by atoms with van der Waals surface area (Å²) >= 11 is 11.7. The number of rotatable bonds is 3. The van der Waals surface area contributed by atoms with E-state index in [-0.39, 0.29) is 17.0 Å². The predicted molar refractivity (Wildman–Crippen MR) is 109 cm³/mol. The Kier molecular flexibility index (Phi) is 4.95. The van der Waals surface area contributed by atoms with Gasteiger partial charge in [-0.1, -0.05) is 35.3 Å². The molecule has 0 aliphatic heterocycles. The smallest absolute Gasteiger partial charge is 0.417 e. The lowest BCUT2D eigenvalue weighted by atomic mass is 10.0. The van der Waals surface area contributed by atoms with Gasteiger partial charge in [0.2, 0.25) is 17.3 Å². The molecule has 9 heteroatoms. The standard InChI is InChI=1S/C21H11Cl2F3N2O2/c22-12-5-1-10(2-6-12)15-9-14(21(24,25)26)16-17(27)19(30-20(16)28-15)18(29)11-3-7-13(23)8-4-11/h1-9H,27H2. The summed E-state index contributed by atoms with van der Waals surface area (Å²) in [4.78, 5) is 16.9. The topological polar surface area (TPSA) is 69.1 Å². The van der Waals surface area contributed by atoms with Crippen LogP contribution in [0.15, 0.2) is 59.0 Å². The average molecular weight is 451 g/mol. The second-order valence-electron chi connectivity index (χ2n) is 6.42. The third-order valence-corrected chi connectivity index (χ3v) is 4.96. The molecule has 0 unspecified atom stereocenters. The number of fused-ring (bicyclic) bond motifs is 1. The van der Waals surface area contributed by atoms with Gasteiger partial charge in [0.15, 0.2) is 0 Å². The van der Waals surface area contributed by atoms with Crippen LogP contribution < -0.4 is 5.73 Å². The van der Waals surface area contributed by atoms with Gasteiger partial charge in [-0.05, 0) is 42.5 Å². The second-order valence-corrected chi connectivity index (χ2v) is 7.29. The first-order chi connectivity index (χ1) is 14.1. The molecule has 0 saturated heterocycles. The maximum atomic E-state index is 13.8. The number of hydrogen-bond donors (Lipinski definition) is 1. The minimum absolute atomic E-state index is 0.00531. The molecule has 0 saturated carbocycles. The van der Waals surface area contributed by atoms with Crippen LogP contribution in [-0.4, -0.2) is 10.8 Å². The lowest BCUT2D eigenvalue weighted by Gasteiger charge is -2.10. The van der Waals surface area contributed by atoms with Gasteiger partial charge in [-0.2, -0.15) is 13.2 Å². The zero-order chi connectivity index (χ0) is 21.6. The summed E-state index contributed by atoms with van der Waals surface area (Å²) in [6, 6.07) is 12.8. The predicted octanol–water partition coefficient (Wildman–Crippen LogP) is 6.63. The van der Waals surface area contributed by atoms with Crippen LogP contribution >= 0.6 is 23.2 Å². The highest BCUT2D eigenvalue weighted by Crippen LogP contribution is 2.41. The molecule has 0 atom stereocenters. The number of aromatic nitrogens is 1. The molecule has 2 N–H and O–H groups in total. The van der Waals surface area contributed by atoms with E-state index in [1.165, 1.54) is 48.5 Å². The van der Waals surface area contributed by atoms with Crippen LogP contribution in [0.3, 0.4) is 0 Å². The number of hydrogen-bond acceptors (Lipinski definition) is 4. The first-order valence-electron chi connectivity index (χ1n) is 8.51. The van der Waals surface area contributed by atoms with Crippen molar-refractivity contribution >= 4 is 45.8 Å². The highest BCUT2D eigenvalue weighted by atomic mass is 35.5. The number of carbonyl (C=O) groups is 1. The Bertz CT molecular complexity index is 1260. The van der Waals surface area contributed by atoms with Gasteiger partial charge >= 0.3 is 6.18 Å². The van der Waals surface area contributed by atoms with Crippen LogP contribution in [-0.2, 0) is 6.18 Å². The van der Waals surface area contributed by atoms with E-state index < -0.39 is 34.4 Å². The maximum absolute atomic E-state index is 13.8. The van der Waals surface area contributed by atoms with Crippen LogP contribution in [0, 0.1) is 0 Å². The molecule has 0 bridgehead atoms. The number of pyridine rings is 1. The van der Waals surface area contributed by atoms with Crippen molar-refractivity contribution in [3.05, 3.63) is 81.5 Å². The fourth-order valence-electron chi connectivity index (χ4n) is 3.01. The van der Waals surface area contributed by atoms with Crippen molar-refractivity contribution in [1.82, 2.24) is 4.98 Å². The first-order valence-corrected chi connectivity index (χ1v) is 9.27. The van der Waals surface area contributed by atoms with Gasteiger partial charge in [0.1, 0.15) is 0 Å². The number of ketones is 1. The largest absolute Gasteiger partial charge is 0.432 e. The summed E-state index contributed by atoms with van der Waals surface area (Å²) in [7, 11) is 0. The molecule has 0 amide bonds. The Labute approximate surface area is 178 Å². The normalized spacial score (nSPS) is 11.8. The summed E-state index contributed by atoms with van der Waals surface area (Å²) < 4.78 is 46.8. The average Bonchev–Trinajstić information content (AvgIpc) is 3.03.